The molecule has 1 heterocycles. The molecule has 0 bridgehead atoms. The minimum absolute atomic E-state index is 0.352. The van der Waals surface area contributed by atoms with Gasteiger partial charge in [0.1, 0.15) is 5.82 Å². The van der Waals surface area contributed by atoms with Crippen molar-refractivity contribution in [2.75, 3.05) is 43.1 Å². The molecule has 1 aliphatic heterocycles. The van der Waals surface area contributed by atoms with Crippen molar-refractivity contribution in [3.63, 3.8) is 0 Å². The van der Waals surface area contributed by atoms with Gasteiger partial charge in [-0.3, -0.25) is 4.79 Å². The molecule has 0 aliphatic carbocycles. The van der Waals surface area contributed by atoms with Gasteiger partial charge in [-0.05, 0) is 48.0 Å². The van der Waals surface area contributed by atoms with Crippen LogP contribution in [-0.4, -0.2) is 44.8 Å². The van der Waals surface area contributed by atoms with Crippen molar-refractivity contribution in [2.24, 2.45) is 0 Å². The second-order valence-corrected chi connectivity index (χ2v) is 6.19. The normalized spacial score (nSPS) is 14.1. The molecule has 2 aromatic carbocycles. The van der Waals surface area contributed by atoms with Crippen LogP contribution in [0.2, 0.25) is 0 Å². The maximum absolute atomic E-state index is 12.8. The molecule has 1 saturated heterocycles. The number of nitrogens with zero attached hydrogens (tertiary/aromatic N) is 1. The number of halogens is 1. The zero-order chi connectivity index (χ0) is 19.8. The number of amides is 1. The molecule has 6 nitrogen and oxygen atoms in total. The summed E-state index contributed by atoms with van der Waals surface area (Å²) in [6, 6.07) is 13.1. The Morgan fingerprint density at radius 3 is 2.43 bits per heavy atom. The maximum Gasteiger partial charge on any atom is 0.331 e. The van der Waals surface area contributed by atoms with E-state index >= 15 is 0 Å². The van der Waals surface area contributed by atoms with Crippen LogP contribution < -0.4 is 10.2 Å². The second-order valence-electron chi connectivity index (χ2n) is 6.19. The van der Waals surface area contributed by atoms with Crippen LogP contribution in [0.15, 0.2) is 54.6 Å². The molecule has 0 atom stereocenters. The zero-order valence-corrected chi connectivity index (χ0v) is 15.3. The van der Waals surface area contributed by atoms with Crippen molar-refractivity contribution < 1.29 is 23.5 Å². The summed E-state index contributed by atoms with van der Waals surface area (Å²) >= 11 is 0. The van der Waals surface area contributed by atoms with Crippen molar-refractivity contribution in [1.82, 2.24) is 0 Å². The Hall–Kier alpha value is -3.19. The Morgan fingerprint density at radius 1 is 1.07 bits per heavy atom. The lowest BCUT2D eigenvalue weighted by Crippen LogP contribution is -2.36. The number of rotatable bonds is 6. The number of hydrogen-bond donors (Lipinski definition) is 1. The number of carbonyl (C=O) groups excluding carboxylic acids is 2. The zero-order valence-electron chi connectivity index (χ0n) is 15.3. The van der Waals surface area contributed by atoms with Crippen molar-refractivity contribution in [3.8, 4) is 0 Å². The SMILES string of the molecule is O=C(COC(=O)/C=C/c1ccc(F)cc1)Nc1ccc(N2CCOCC2)cc1. The first-order valence-corrected chi connectivity index (χ1v) is 8.93. The summed E-state index contributed by atoms with van der Waals surface area (Å²) in [6.45, 7) is 2.71. The van der Waals surface area contributed by atoms with E-state index in [0.29, 0.717) is 24.5 Å². The second kappa shape index (κ2) is 9.66. The number of nitrogens with one attached hydrogen (secondary N) is 1. The highest BCUT2D eigenvalue weighted by molar-refractivity contribution is 5.94. The van der Waals surface area contributed by atoms with Crippen LogP contribution >= 0.6 is 0 Å². The lowest BCUT2D eigenvalue weighted by molar-refractivity contribution is -0.142. The van der Waals surface area contributed by atoms with Gasteiger partial charge >= 0.3 is 5.97 Å². The molecule has 146 valence electrons. The number of morpholine rings is 1. The Kier molecular flexibility index (Phi) is 6.75. The predicted octanol–water partition coefficient (Wildman–Crippen LogP) is 2.86. The minimum Gasteiger partial charge on any atom is -0.452 e. The summed E-state index contributed by atoms with van der Waals surface area (Å²) in [5.74, 6) is -1.43. The van der Waals surface area contributed by atoms with Crippen LogP contribution in [0, 0.1) is 5.82 Å². The highest BCUT2D eigenvalue weighted by Crippen LogP contribution is 2.19. The molecule has 2 aromatic rings. The predicted molar refractivity (Wildman–Crippen MR) is 104 cm³/mol. The van der Waals surface area contributed by atoms with Gasteiger partial charge < -0.3 is 19.7 Å². The van der Waals surface area contributed by atoms with Gasteiger partial charge in [-0.2, -0.15) is 0 Å². The number of benzene rings is 2. The molecule has 0 radical (unpaired) electrons. The summed E-state index contributed by atoms with van der Waals surface area (Å²) < 4.78 is 23.1. The first kappa shape index (κ1) is 19.6. The van der Waals surface area contributed by atoms with Crippen LogP contribution in [0.5, 0.6) is 0 Å². The van der Waals surface area contributed by atoms with Gasteiger partial charge in [0, 0.05) is 30.5 Å². The number of hydrogen-bond acceptors (Lipinski definition) is 5. The lowest BCUT2D eigenvalue weighted by atomic mass is 10.2. The van der Waals surface area contributed by atoms with E-state index in [1.807, 2.05) is 12.1 Å². The van der Waals surface area contributed by atoms with E-state index in [9.17, 15) is 14.0 Å². The van der Waals surface area contributed by atoms with Crippen molar-refractivity contribution in [3.05, 3.63) is 66.0 Å². The average molecular weight is 384 g/mol. The molecule has 0 spiro atoms. The quantitative estimate of drug-likeness (QED) is 0.613. The van der Waals surface area contributed by atoms with Gasteiger partial charge in [-0.15, -0.1) is 0 Å². The Balaban J connectivity index is 1.43. The Morgan fingerprint density at radius 2 is 1.75 bits per heavy atom. The lowest BCUT2D eigenvalue weighted by Gasteiger charge is -2.28. The van der Waals surface area contributed by atoms with E-state index in [-0.39, 0.29) is 5.82 Å². The van der Waals surface area contributed by atoms with E-state index in [1.54, 1.807) is 12.1 Å². The van der Waals surface area contributed by atoms with Gasteiger partial charge in [0.25, 0.3) is 5.91 Å². The van der Waals surface area contributed by atoms with Crippen molar-refractivity contribution in [2.45, 2.75) is 0 Å². The average Bonchev–Trinajstić information content (AvgIpc) is 2.73. The summed E-state index contributed by atoms with van der Waals surface area (Å²) in [4.78, 5) is 25.8. The third-order valence-electron chi connectivity index (χ3n) is 4.15. The fourth-order valence-corrected chi connectivity index (χ4v) is 2.70. The van der Waals surface area contributed by atoms with E-state index in [1.165, 1.54) is 36.4 Å². The fourth-order valence-electron chi connectivity index (χ4n) is 2.70. The molecule has 1 N–H and O–H groups in total. The minimum atomic E-state index is -0.651. The van der Waals surface area contributed by atoms with Crippen LogP contribution in [-0.2, 0) is 19.1 Å². The standard InChI is InChI=1S/C21H21FN2O4/c22-17-4-1-16(2-5-17)3-10-21(26)28-15-20(25)23-18-6-8-19(9-7-18)24-11-13-27-14-12-24/h1-10H,11-15H2,(H,23,25)/b10-3+. The van der Waals surface area contributed by atoms with Crippen LogP contribution in [0.25, 0.3) is 6.08 Å². The van der Waals surface area contributed by atoms with Crippen LogP contribution in [0.4, 0.5) is 15.8 Å². The number of carbonyl (C=O) groups is 2. The highest BCUT2D eigenvalue weighted by Gasteiger charge is 2.11. The largest absolute Gasteiger partial charge is 0.452 e. The van der Waals surface area contributed by atoms with E-state index in [0.717, 1.165) is 18.8 Å². The first-order valence-electron chi connectivity index (χ1n) is 8.93. The number of ether oxygens (including phenoxy) is 2. The molecule has 0 saturated carbocycles. The van der Waals surface area contributed by atoms with E-state index < -0.39 is 18.5 Å². The summed E-state index contributed by atoms with van der Waals surface area (Å²) in [5.41, 5.74) is 2.35. The third kappa shape index (κ3) is 5.92. The molecule has 3 rings (SSSR count). The summed E-state index contributed by atoms with van der Waals surface area (Å²) in [5, 5.41) is 2.68. The van der Waals surface area contributed by atoms with E-state index in [4.69, 9.17) is 9.47 Å². The van der Waals surface area contributed by atoms with Gasteiger partial charge in [0.15, 0.2) is 6.61 Å². The molecule has 0 unspecified atom stereocenters. The molecular formula is C21H21FN2O4. The van der Waals surface area contributed by atoms with Gasteiger partial charge in [0.05, 0.1) is 13.2 Å². The van der Waals surface area contributed by atoms with Gasteiger partial charge in [0.2, 0.25) is 0 Å². The summed E-state index contributed by atoms with van der Waals surface area (Å²) in [6.07, 6.45) is 2.68. The first-order chi connectivity index (χ1) is 13.6. The van der Waals surface area contributed by atoms with E-state index in [2.05, 4.69) is 10.2 Å². The molecular weight excluding hydrogens is 363 g/mol. The van der Waals surface area contributed by atoms with Crippen LogP contribution in [0.1, 0.15) is 5.56 Å². The topological polar surface area (TPSA) is 67.9 Å². The number of anilines is 2. The smallest absolute Gasteiger partial charge is 0.331 e. The van der Waals surface area contributed by atoms with Gasteiger partial charge in [-0.25, -0.2) is 9.18 Å². The maximum atomic E-state index is 12.8. The third-order valence-corrected chi connectivity index (χ3v) is 4.15. The van der Waals surface area contributed by atoms with Crippen LogP contribution in [0.3, 0.4) is 0 Å². The molecule has 1 amide bonds. The highest BCUT2D eigenvalue weighted by atomic mass is 19.1. The summed E-state index contributed by atoms with van der Waals surface area (Å²) in [7, 11) is 0. The fraction of sp³-hybridized carbons (Fsp3) is 0.238. The number of esters is 1. The Labute approximate surface area is 162 Å². The van der Waals surface area contributed by atoms with Crippen molar-refractivity contribution in [1.29, 1.82) is 0 Å². The molecule has 1 aliphatic rings. The van der Waals surface area contributed by atoms with Gasteiger partial charge in [-0.1, -0.05) is 12.1 Å². The molecule has 28 heavy (non-hydrogen) atoms. The monoisotopic (exact) mass is 384 g/mol. The Bertz CT molecular complexity index is 828. The molecule has 0 aromatic heterocycles. The molecule has 1 fully saturated rings. The molecule has 7 heteroatoms. The van der Waals surface area contributed by atoms with Crippen molar-refractivity contribution >= 4 is 29.3 Å².